The van der Waals surface area contributed by atoms with Crippen LogP contribution in [0.2, 0.25) is 0 Å². The summed E-state index contributed by atoms with van der Waals surface area (Å²) in [6.07, 6.45) is -2.01. The maximum atomic E-state index is 10.9. The van der Waals surface area contributed by atoms with Crippen LogP contribution in [-0.2, 0) is 9.30 Å². The predicted octanol–water partition coefficient (Wildman–Crippen LogP) is -1.15. The number of nitrogens with two attached hydrogens (primary N) is 1. The lowest BCUT2D eigenvalue weighted by Gasteiger charge is -2.16. The largest absolute Gasteiger partial charge is 0.387 e. The summed E-state index contributed by atoms with van der Waals surface area (Å²) >= 11 is 0.342. The molecule has 0 radical (unpaired) electrons. The molecule has 0 bridgehead atoms. The third-order valence-electron chi connectivity index (χ3n) is 3.41. The van der Waals surface area contributed by atoms with E-state index in [1.54, 1.807) is 0 Å². The lowest BCUT2D eigenvalue weighted by Crippen LogP contribution is -2.32. The molecule has 0 aromatic carbocycles. The summed E-state index contributed by atoms with van der Waals surface area (Å²) in [6.45, 7) is -4.30. The summed E-state index contributed by atoms with van der Waals surface area (Å²) in [4.78, 5) is 29.6. The quantitative estimate of drug-likeness (QED) is 0.414. The van der Waals surface area contributed by atoms with E-state index in [2.05, 4.69) is 15.0 Å². The van der Waals surface area contributed by atoms with Gasteiger partial charge >= 0.3 is 6.80 Å². The number of aliphatic hydroxyl groups excluding tert-OH is 2. The first-order chi connectivity index (χ1) is 10.8. The first-order valence-electron chi connectivity index (χ1n) is 6.42. The Bertz CT molecular complexity index is 767. The van der Waals surface area contributed by atoms with Gasteiger partial charge in [-0.2, -0.15) is 0 Å². The molecule has 2 aromatic heterocycles. The van der Waals surface area contributed by atoms with E-state index in [-0.39, 0.29) is 11.6 Å². The van der Waals surface area contributed by atoms with E-state index in [9.17, 15) is 14.8 Å². The lowest BCUT2D eigenvalue weighted by molar-refractivity contribution is -0.0288. The fourth-order valence-corrected chi connectivity index (χ4v) is 3.96. The molecular formula is C10H14N5O6PS. The molecule has 0 saturated carbocycles. The van der Waals surface area contributed by atoms with Gasteiger partial charge in [-0.25, -0.2) is 19.5 Å². The smallest absolute Gasteiger partial charge is 0.384 e. The van der Waals surface area contributed by atoms with Crippen LogP contribution in [0.5, 0.6) is 0 Å². The number of aromatic nitrogens is 4. The molecule has 11 nitrogen and oxygen atoms in total. The molecule has 1 aliphatic heterocycles. The van der Waals surface area contributed by atoms with E-state index in [1.165, 1.54) is 17.2 Å². The number of ether oxygens (including phenoxy) is 1. The number of fused-ring (bicyclic) bond motifs is 1. The van der Waals surface area contributed by atoms with Crippen LogP contribution in [0.15, 0.2) is 12.7 Å². The molecule has 3 heterocycles. The summed E-state index contributed by atoms with van der Waals surface area (Å²) in [5.41, 5.74) is 6.32. The van der Waals surface area contributed by atoms with Crippen LogP contribution in [0, 0.1) is 0 Å². The van der Waals surface area contributed by atoms with Gasteiger partial charge in [0.15, 0.2) is 17.7 Å². The molecule has 0 spiro atoms. The van der Waals surface area contributed by atoms with Crippen molar-refractivity contribution in [2.45, 2.75) is 24.5 Å². The zero-order chi connectivity index (χ0) is 16.8. The monoisotopic (exact) mass is 363 g/mol. The van der Waals surface area contributed by atoms with Crippen molar-refractivity contribution < 1.29 is 29.3 Å². The van der Waals surface area contributed by atoms with Crippen LogP contribution >= 0.6 is 18.2 Å². The van der Waals surface area contributed by atoms with Crippen LogP contribution in [0.25, 0.3) is 11.2 Å². The zero-order valence-corrected chi connectivity index (χ0v) is 13.2. The highest BCUT2D eigenvalue weighted by Gasteiger charge is 2.44. The number of anilines is 1. The summed E-state index contributed by atoms with van der Waals surface area (Å²) < 4.78 is 17.8. The molecular weight excluding hydrogens is 349 g/mol. The highest BCUT2D eigenvalue weighted by atomic mass is 32.7. The topological polar surface area (TPSA) is 177 Å². The van der Waals surface area contributed by atoms with Crippen LogP contribution in [0.1, 0.15) is 6.23 Å². The van der Waals surface area contributed by atoms with E-state index in [0.717, 1.165) is 0 Å². The normalized spacial score (nSPS) is 28.5. The summed E-state index contributed by atoms with van der Waals surface area (Å²) in [5, 5.41) is 20.2. The molecule has 3 rings (SSSR count). The number of rotatable bonds is 4. The van der Waals surface area contributed by atoms with Gasteiger partial charge in [0.2, 0.25) is 0 Å². The van der Waals surface area contributed by atoms with Crippen LogP contribution in [0.4, 0.5) is 5.82 Å². The van der Waals surface area contributed by atoms with Crippen molar-refractivity contribution in [3.05, 3.63) is 12.7 Å². The fraction of sp³-hybridized carbons (Fsp3) is 0.500. The maximum Gasteiger partial charge on any atom is 0.384 e. The fourth-order valence-electron chi connectivity index (χ4n) is 2.32. The number of nitrogen functional groups attached to an aromatic ring is 1. The standard InChI is InChI=1S/C10H14N5O6PS/c11-8-5-9(13-2-12-8)15(3-14-5)10-7(17)6(16)4(21-10)1-23-22(18,19)20/h2-4,6-7,10,16-17H,1H2,(H2,11,12,13)(H2,18,19,20)/t4-,6-,7-,10-/m1/s1. The van der Waals surface area contributed by atoms with Crippen LogP contribution in [0.3, 0.4) is 0 Å². The number of hydrogen-bond acceptors (Lipinski definition) is 9. The summed E-state index contributed by atoms with van der Waals surface area (Å²) in [6, 6.07) is 0. The molecule has 1 saturated heterocycles. The Kier molecular flexibility index (Phi) is 4.31. The van der Waals surface area contributed by atoms with Gasteiger partial charge in [-0.1, -0.05) is 0 Å². The number of nitrogens with zero attached hydrogens (tertiary/aromatic N) is 4. The van der Waals surface area contributed by atoms with Gasteiger partial charge in [0, 0.05) is 5.75 Å². The molecule has 2 aromatic rings. The molecule has 0 aliphatic carbocycles. The molecule has 1 aliphatic rings. The second-order valence-corrected chi connectivity index (χ2v) is 8.69. The Morgan fingerprint density at radius 3 is 2.74 bits per heavy atom. The Morgan fingerprint density at radius 2 is 2.04 bits per heavy atom. The minimum atomic E-state index is -4.30. The average Bonchev–Trinajstić information content (AvgIpc) is 3.01. The van der Waals surface area contributed by atoms with Crippen LogP contribution in [-0.4, -0.2) is 63.6 Å². The molecule has 1 fully saturated rings. The minimum absolute atomic E-state index is 0.162. The first-order valence-corrected chi connectivity index (χ1v) is 9.63. The van der Waals surface area contributed by atoms with Gasteiger partial charge in [0.05, 0.1) is 12.4 Å². The molecule has 0 unspecified atom stereocenters. The molecule has 4 atom stereocenters. The third-order valence-corrected chi connectivity index (χ3v) is 5.68. The van der Waals surface area contributed by atoms with Crippen molar-refractivity contribution in [3.8, 4) is 0 Å². The summed E-state index contributed by atoms with van der Waals surface area (Å²) in [5.74, 6) is -0.0154. The van der Waals surface area contributed by atoms with Crippen molar-refractivity contribution in [3.63, 3.8) is 0 Å². The lowest BCUT2D eigenvalue weighted by atomic mass is 10.1. The Hall–Kier alpha value is -1.27. The highest BCUT2D eigenvalue weighted by molar-refractivity contribution is 8.54. The molecule has 0 amide bonds. The van der Waals surface area contributed by atoms with E-state index >= 15 is 0 Å². The van der Waals surface area contributed by atoms with Gasteiger partial charge in [0.25, 0.3) is 0 Å². The van der Waals surface area contributed by atoms with Crippen molar-refractivity contribution in [2.24, 2.45) is 0 Å². The van der Waals surface area contributed by atoms with Crippen molar-refractivity contribution in [1.82, 2.24) is 19.5 Å². The van der Waals surface area contributed by atoms with Gasteiger partial charge in [-0.3, -0.25) is 4.57 Å². The number of hydrogen-bond donors (Lipinski definition) is 5. The van der Waals surface area contributed by atoms with E-state index < -0.39 is 31.3 Å². The van der Waals surface area contributed by atoms with E-state index in [0.29, 0.717) is 22.5 Å². The van der Waals surface area contributed by atoms with Crippen molar-refractivity contribution in [1.29, 1.82) is 0 Å². The zero-order valence-electron chi connectivity index (χ0n) is 11.5. The van der Waals surface area contributed by atoms with Gasteiger partial charge in [-0.15, -0.1) is 0 Å². The summed E-state index contributed by atoms with van der Waals surface area (Å²) in [7, 11) is 0. The average molecular weight is 363 g/mol. The van der Waals surface area contributed by atoms with Gasteiger partial charge < -0.3 is 30.5 Å². The molecule has 23 heavy (non-hydrogen) atoms. The van der Waals surface area contributed by atoms with Gasteiger partial charge in [-0.05, 0) is 11.4 Å². The highest BCUT2D eigenvalue weighted by Crippen LogP contribution is 2.51. The Balaban J connectivity index is 1.85. The molecule has 126 valence electrons. The number of aliphatic hydroxyl groups is 2. The van der Waals surface area contributed by atoms with Crippen molar-refractivity contribution >= 4 is 35.2 Å². The Morgan fingerprint density at radius 1 is 1.30 bits per heavy atom. The first kappa shape index (κ1) is 16.6. The number of imidazole rings is 1. The van der Waals surface area contributed by atoms with E-state index in [1.807, 2.05) is 0 Å². The van der Waals surface area contributed by atoms with E-state index in [4.69, 9.17) is 20.3 Å². The maximum absolute atomic E-state index is 10.9. The predicted molar refractivity (Wildman–Crippen MR) is 80.2 cm³/mol. The van der Waals surface area contributed by atoms with Crippen molar-refractivity contribution in [2.75, 3.05) is 11.5 Å². The second kappa shape index (κ2) is 5.98. The molecule has 6 N–H and O–H groups in total. The second-order valence-electron chi connectivity index (χ2n) is 4.92. The van der Waals surface area contributed by atoms with Crippen LogP contribution < -0.4 is 5.73 Å². The SMILES string of the molecule is Nc1ncnc2c1ncn2[C@@H]1O[C@H](CSP(=O)(O)O)[C@@H](O)[C@H]1O. The molecule has 13 heteroatoms. The van der Waals surface area contributed by atoms with Gasteiger partial charge in [0.1, 0.15) is 24.1 Å². The third kappa shape index (κ3) is 3.19. The minimum Gasteiger partial charge on any atom is -0.387 e. The Labute approximate surface area is 133 Å².